The van der Waals surface area contributed by atoms with Gasteiger partial charge in [-0.2, -0.15) is 0 Å². The first-order valence-electron chi connectivity index (χ1n) is 9.32. The minimum Gasteiger partial charge on any atom is -0.493 e. The zero-order valence-electron chi connectivity index (χ0n) is 17.6. The standard InChI is InChI=1S/C22H21N3O7/c1-29-17-11-14(12-18(30-2)19(17)31-3)21(27)25-24-20(26)13-6-4-7-15(10-13)23-22(28)16-8-5-9-32-16/h4-12H,1-3H3,(H,23,28)(H,24,26)(H,25,27). The summed E-state index contributed by atoms with van der Waals surface area (Å²) in [6.07, 6.45) is 1.38. The van der Waals surface area contributed by atoms with Crippen LogP contribution in [0.4, 0.5) is 5.69 Å². The molecule has 0 radical (unpaired) electrons. The van der Waals surface area contributed by atoms with Crippen molar-refractivity contribution in [2.45, 2.75) is 0 Å². The summed E-state index contributed by atoms with van der Waals surface area (Å²) < 4.78 is 20.7. The number of carbonyl (C=O) groups excluding carboxylic acids is 3. The van der Waals surface area contributed by atoms with Gasteiger partial charge in [-0.15, -0.1) is 0 Å². The first-order valence-corrected chi connectivity index (χ1v) is 9.32. The molecule has 0 aliphatic carbocycles. The molecular weight excluding hydrogens is 418 g/mol. The van der Waals surface area contributed by atoms with Gasteiger partial charge in [0.15, 0.2) is 17.3 Å². The fourth-order valence-corrected chi connectivity index (χ4v) is 2.81. The fraction of sp³-hybridized carbons (Fsp3) is 0.136. The highest BCUT2D eigenvalue weighted by molar-refractivity contribution is 6.04. The fourth-order valence-electron chi connectivity index (χ4n) is 2.81. The van der Waals surface area contributed by atoms with Crippen LogP contribution < -0.4 is 30.4 Å². The zero-order valence-corrected chi connectivity index (χ0v) is 17.6. The molecule has 2 aromatic carbocycles. The molecule has 0 saturated carbocycles. The van der Waals surface area contributed by atoms with Gasteiger partial charge < -0.3 is 23.9 Å². The van der Waals surface area contributed by atoms with Gasteiger partial charge in [-0.1, -0.05) is 6.07 Å². The van der Waals surface area contributed by atoms with Gasteiger partial charge in [0.2, 0.25) is 5.75 Å². The topological polar surface area (TPSA) is 128 Å². The number of methoxy groups -OCH3 is 3. The van der Waals surface area contributed by atoms with Crippen LogP contribution in [0, 0.1) is 0 Å². The van der Waals surface area contributed by atoms with E-state index in [1.165, 1.54) is 57.9 Å². The molecule has 0 atom stereocenters. The largest absolute Gasteiger partial charge is 0.493 e. The van der Waals surface area contributed by atoms with E-state index in [0.29, 0.717) is 22.9 Å². The number of nitrogens with one attached hydrogen (secondary N) is 3. The third kappa shape index (κ3) is 4.98. The van der Waals surface area contributed by atoms with Crippen LogP contribution in [-0.2, 0) is 0 Å². The number of anilines is 1. The van der Waals surface area contributed by atoms with Crippen molar-refractivity contribution >= 4 is 23.4 Å². The van der Waals surface area contributed by atoms with E-state index in [2.05, 4.69) is 16.2 Å². The monoisotopic (exact) mass is 439 g/mol. The van der Waals surface area contributed by atoms with Crippen LogP contribution >= 0.6 is 0 Å². The molecule has 3 amide bonds. The number of hydrazine groups is 1. The molecule has 0 unspecified atom stereocenters. The molecule has 0 aliphatic rings. The Balaban J connectivity index is 1.67. The van der Waals surface area contributed by atoms with Crippen LogP contribution in [-0.4, -0.2) is 39.1 Å². The Morgan fingerprint density at radius 3 is 1.97 bits per heavy atom. The number of carbonyl (C=O) groups is 3. The predicted octanol–water partition coefficient (Wildman–Crippen LogP) is 2.63. The number of amides is 3. The molecule has 32 heavy (non-hydrogen) atoms. The molecule has 3 N–H and O–H groups in total. The number of hydrogen-bond acceptors (Lipinski definition) is 7. The summed E-state index contributed by atoms with van der Waals surface area (Å²) in [4.78, 5) is 37.1. The SMILES string of the molecule is COc1cc(C(=O)NNC(=O)c2cccc(NC(=O)c3ccco3)c2)cc(OC)c1OC. The van der Waals surface area contributed by atoms with Gasteiger partial charge in [0.05, 0.1) is 27.6 Å². The number of ether oxygens (including phenoxy) is 3. The summed E-state index contributed by atoms with van der Waals surface area (Å²) in [5, 5.41) is 2.63. The van der Waals surface area contributed by atoms with Crippen LogP contribution in [0.2, 0.25) is 0 Å². The van der Waals surface area contributed by atoms with E-state index in [0.717, 1.165) is 0 Å². The number of rotatable bonds is 7. The maximum absolute atomic E-state index is 12.5. The van der Waals surface area contributed by atoms with Gasteiger partial charge in [-0.05, 0) is 42.5 Å². The summed E-state index contributed by atoms with van der Waals surface area (Å²) in [5.74, 6) is -0.573. The molecule has 3 aromatic rings. The average Bonchev–Trinajstić information content (AvgIpc) is 3.36. The van der Waals surface area contributed by atoms with E-state index in [9.17, 15) is 14.4 Å². The third-order valence-electron chi connectivity index (χ3n) is 4.34. The van der Waals surface area contributed by atoms with E-state index in [1.54, 1.807) is 18.2 Å². The molecule has 0 aliphatic heterocycles. The molecule has 0 bridgehead atoms. The van der Waals surface area contributed by atoms with Crippen molar-refractivity contribution in [2.75, 3.05) is 26.6 Å². The smallest absolute Gasteiger partial charge is 0.291 e. The second-order valence-corrected chi connectivity index (χ2v) is 6.33. The molecule has 10 nitrogen and oxygen atoms in total. The van der Waals surface area contributed by atoms with Gasteiger partial charge in [-0.3, -0.25) is 25.2 Å². The minimum atomic E-state index is -0.597. The van der Waals surface area contributed by atoms with Crippen molar-refractivity contribution in [1.82, 2.24) is 10.9 Å². The van der Waals surface area contributed by atoms with Crippen molar-refractivity contribution in [3.8, 4) is 17.2 Å². The molecule has 0 spiro atoms. The van der Waals surface area contributed by atoms with E-state index >= 15 is 0 Å². The average molecular weight is 439 g/mol. The van der Waals surface area contributed by atoms with Crippen molar-refractivity contribution in [3.63, 3.8) is 0 Å². The maximum atomic E-state index is 12.5. The van der Waals surface area contributed by atoms with Crippen LogP contribution in [0.25, 0.3) is 0 Å². The first kappa shape index (κ1) is 22.2. The van der Waals surface area contributed by atoms with Crippen molar-refractivity contribution < 1.29 is 33.0 Å². The van der Waals surface area contributed by atoms with E-state index in [4.69, 9.17) is 18.6 Å². The summed E-state index contributed by atoms with van der Waals surface area (Å²) in [6, 6.07) is 12.2. The van der Waals surface area contributed by atoms with E-state index in [-0.39, 0.29) is 16.9 Å². The molecular formula is C22H21N3O7. The van der Waals surface area contributed by atoms with Crippen LogP contribution in [0.15, 0.2) is 59.2 Å². The molecule has 10 heteroatoms. The highest BCUT2D eigenvalue weighted by Gasteiger charge is 2.18. The van der Waals surface area contributed by atoms with Crippen LogP contribution in [0.1, 0.15) is 31.3 Å². The van der Waals surface area contributed by atoms with Crippen molar-refractivity contribution in [1.29, 1.82) is 0 Å². The lowest BCUT2D eigenvalue weighted by molar-refractivity contribution is 0.0846. The predicted molar refractivity (Wildman–Crippen MR) is 114 cm³/mol. The number of furan rings is 1. The van der Waals surface area contributed by atoms with Crippen molar-refractivity contribution in [2.24, 2.45) is 0 Å². The molecule has 1 heterocycles. The Bertz CT molecular complexity index is 1100. The van der Waals surface area contributed by atoms with Gasteiger partial charge in [0.1, 0.15) is 0 Å². The summed E-state index contributed by atoms with van der Waals surface area (Å²) >= 11 is 0. The second kappa shape index (κ2) is 10.0. The normalized spacial score (nSPS) is 10.1. The van der Waals surface area contributed by atoms with Gasteiger partial charge in [0, 0.05) is 16.8 Å². The Kier molecular flexibility index (Phi) is 6.96. The maximum Gasteiger partial charge on any atom is 0.291 e. The first-order chi connectivity index (χ1) is 15.5. The Hall–Kier alpha value is -4.47. The Labute approximate surface area is 183 Å². The molecule has 166 valence electrons. The van der Waals surface area contributed by atoms with Gasteiger partial charge in [0.25, 0.3) is 17.7 Å². The van der Waals surface area contributed by atoms with E-state index in [1.807, 2.05) is 0 Å². The Morgan fingerprint density at radius 2 is 1.41 bits per heavy atom. The molecule has 3 rings (SSSR count). The number of benzene rings is 2. The molecule has 0 saturated heterocycles. The summed E-state index contributed by atoms with van der Waals surface area (Å²) in [6.45, 7) is 0. The second-order valence-electron chi connectivity index (χ2n) is 6.33. The summed E-state index contributed by atoms with van der Waals surface area (Å²) in [5.41, 5.74) is 5.43. The number of hydrogen-bond donors (Lipinski definition) is 3. The minimum absolute atomic E-state index is 0.137. The Morgan fingerprint density at radius 1 is 0.750 bits per heavy atom. The zero-order chi connectivity index (χ0) is 23.1. The van der Waals surface area contributed by atoms with Gasteiger partial charge >= 0.3 is 0 Å². The lowest BCUT2D eigenvalue weighted by Crippen LogP contribution is -2.41. The lowest BCUT2D eigenvalue weighted by Gasteiger charge is -2.14. The van der Waals surface area contributed by atoms with Crippen molar-refractivity contribution in [3.05, 3.63) is 71.7 Å². The lowest BCUT2D eigenvalue weighted by atomic mass is 10.1. The molecule has 1 aromatic heterocycles. The third-order valence-corrected chi connectivity index (χ3v) is 4.34. The van der Waals surface area contributed by atoms with Crippen LogP contribution in [0.5, 0.6) is 17.2 Å². The quantitative estimate of drug-likeness (QED) is 0.483. The highest BCUT2D eigenvalue weighted by atomic mass is 16.5. The van der Waals surface area contributed by atoms with E-state index < -0.39 is 17.7 Å². The van der Waals surface area contributed by atoms with Gasteiger partial charge in [-0.25, -0.2) is 0 Å². The molecule has 0 fully saturated rings. The highest BCUT2D eigenvalue weighted by Crippen LogP contribution is 2.38. The summed E-state index contributed by atoms with van der Waals surface area (Å²) in [7, 11) is 4.31. The van der Waals surface area contributed by atoms with Crippen LogP contribution in [0.3, 0.4) is 0 Å².